The predicted molar refractivity (Wildman–Crippen MR) is 79.5 cm³/mol. The largest absolute Gasteiger partial charge is 0.478 e. The minimum absolute atomic E-state index is 0.000441. The molecule has 0 bridgehead atoms. The summed E-state index contributed by atoms with van der Waals surface area (Å²) in [6, 6.07) is 8.25. The summed E-state index contributed by atoms with van der Waals surface area (Å²) in [6.07, 6.45) is 0.465. The van der Waals surface area contributed by atoms with Gasteiger partial charge in [0.2, 0.25) is 5.91 Å². The molecule has 1 amide bonds. The number of hydrogen-bond donors (Lipinski definition) is 1. The summed E-state index contributed by atoms with van der Waals surface area (Å²) in [7, 11) is 0. The normalized spacial score (nSPS) is 13.0. The Morgan fingerprint density at radius 3 is 2.61 bits per heavy atom. The zero-order chi connectivity index (χ0) is 16.6. The van der Waals surface area contributed by atoms with E-state index in [4.69, 9.17) is 5.11 Å². The maximum atomic E-state index is 13.4. The summed E-state index contributed by atoms with van der Waals surface area (Å²) >= 11 is 0. The van der Waals surface area contributed by atoms with Gasteiger partial charge in [-0.05, 0) is 35.7 Å². The molecule has 0 fully saturated rings. The molecule has 1 N–H and O–H groups in total. The Balaban J connectivity index is 1.82. The van der Waals surface area contributed by atoms with Crippen LogP contribution in [0.1, 0.15) is 21.5 Å². The topological polar surface area (TPSA) is 57.6 Å². The SMILES string of the molecule is O=C(O)c1cccc(CC(=O)N2CCc3cc(F)c(F)cc32)c1. The standard InChI is InChI=1S/C17H13F2NO3/c18-13-8-11-4-5-20(15(11)9-14(13)19)16(21)7-10-2-1-3-12(6-10)17(22)23/h1-3,6,8-9H,4-5,7H2,(H,22,23). The summed E-state index contributed by atoms with van der Waals surface area (Å²) < 4.78 is 26.6. The fourth-order valence-corrected chi connectivity index (χ4v) is 2.73. The van der Waals surface area contributed by atoms with Gasteiger partial charge in [-0.25, -0.2) is 13.6 Å². The lowest BCUT2D eigenvalue weighted by atomic mass is 10.1. The molecule has 6 heteroatoms. The quantitative estimate of drug-likeness (QED) is 0.947. The highest BCUT2D eigenvalue weighted by molar-refractivity contribution is 5.97. The van der Waals surface area contributed by atoms with Crippen LogP contribution in [0.2, 0.25) is 0 Å². The fraction of sp³-hybridized carbons (Fsp3) is 0.176. The first-order valence-electron chi connectivity index (χ1n) is 7.06. The number of fused-ring (bicyclic) bond motifs is 1. The van der Waals surface area contributed by atoms with Gasteiger partial charge >= 0.3 is 5.97 Å². The van der Waals surface area contributed by atoms with Crippen molar-refractivity contribution >= 4 is 17.6 Å². The van der Waals surface area contributed by atoms with Crippen molar-refractivity contribution in [3.05, 3.63) is 64.7 Å². The maximum absolute atomic E-state index is 13.4. The number of aromatic carboxylic acids is 1. The Morgan fingerprint density at radius 1 is 1.13 bits per heavy atom. The minimum Gasteiger partial charge on any atom is -0.478 e. The van der Waals surface area contributed by atoms with Crippen molar-refractivity contribution < 1.29 is 23.5 Å². The number of nitrogens with zero attached hydrogens (tertiary/aromatic N) is 1. The molecule has 0 saturated heterocycles. The van der Waals surface area contributed by atoms with Crippen LogP contribution in [0, 0.1) is 11.6 Å². The number of carbonyl (C=O) groups excluding carboxylic acids is 1. The third-order valence-electron chi connectivity index (χ3n) is 3.85. The number of carboxylic acid groups (broad SMARTS) is 1. The first-order valence-corrected chi connectivity index (χ1v) is 7.06. The number of carboxylic acids is 1. The molecule has 1 aliphatic heterocycles. The van der Waals surface area contributed by atoms with Crippen LogP contribution in [-0.2, 0) is 17.6 Å². The summed E-state index contributed by atoms with van der Waals surface area (Å²) in [4.78, 5) is 24.8. The molecule has 118 valence electrons. The lowest BCUT2D eigenvalue weighted by molar-refractivity contribution is -0.117. The average molecular weight is 317 g/mol. The molecular weight excluding hydrogens is 304 g/mol. The van der Waals surface area contributed by atoms with E-state index in [0.29, 0.717) is 29.8 Å². The maximum Gasteiger partial charge on any atom is 0.335 e. The Hall–Kier alpha value is -2.76. The van der Waals surface area contributed by atoms with Crippen LogP contribution in [0.4, 0.5) is 14.5 Å². The highest BCUT2D eigenvalue weighted by Gasteiger charge is 2.26. The molecule has 0 unspecified atom stereocenters. The van der Waals surface area contributed by atoms with Gasteiger partial charge in [-0.15, -0.1) is 0 Å². The van der Waals surface area contributed by atoms with Crippen LogP contribution in [0.3, 0.4) is 0 Å². The summed E-state index contributed by atoms with van der Waals surface area (Å²) in [5, 5.41) is 8.97. The number of rotatable bonds is 3. The van der Waals surface area contributed by atoms with Crippen LogP contribution >= 0.6 is 0 Å². The highest BCUT2D eigenvalue weighted by Crippen LogP contribution is 2.30. The van der Waals surface area contributed by atoms with E-state index in [1.807, 2.05) is 0 Å². The second-order valence-corrected chi connectivity index (χ2v) is 5.37. The van der Waals surface area contributed by atoms with Gasteiger partial charge in [-0.3, -0.25) is 4.79 Å². The lowest BCUT2D eigenvalue weighted by Gasteiger charge is -2.17. The number of amides is 1. The van der Waals surface area contributed by atoms with Gasteiger partial charge in [-0.2, -0.15) is 0 Å². The van der Waals surface area contributed by atoms with E-state index in [2.05, 4.69) is 0 Å². The van der Waals surface area contributed by atoms with E-state index >= 15 is 0 Å². The molecule has 0 atom stereocenters. The number of benzene rings is 2. The molecule has 0 aromatic heterocycles. The van der Waals surface area contributed by atoms with Crippen molar-refractivity contribution in [3.8, 4) is 0 Å². The van der Waals surface area contributed by atoms with Crippen molar-refractivity contribution in [1.29, 1.82) is 0 Å². The zero-order valence-corrected chi connectivity index (χ0v) is 12.1. The van der Waals surface area contributed by atoms with E-state index in [-0.39, 0.29) is 17.9 Å². The first kappa shape index (κ1) is 15.1. The van der Waals surface area contributed by atoms with Crippen LogP contribution in [0.5, 0.6) is 0 Å². The van der Waals surface area contributed by atoms with Crippen molar-refractivity contribution in [3.63, 3.8) is 0 Å². The second kappa shape index (κ2) is 5.79. The molecule has 0 saturated carbocycles. The van der Waals surface area contributed by atoms with Gasteiger partial charge in [0, 0.05) is 12.6 Å². The Bertz CT molecular complexity index is 804. The second-order valence-electron chi connectivity index (χ2n) is 5.37. The molecule has 23 heavy (non-hydrogen) atoms. The number of hydrogen-bond acceptors (Lipinski definition) is 2. The molecule has 0 aliphatic carbocycles. The average Bonchev–Trinajstić information content (AvgIpc) is 2.90. The zero-order valence-electron chi connectivity index (χ0n) is 12.1. The number of carbonyl (C=O) groups is 2. The number of anilines is 1. The smallest absolute Gasteiger partial charge is 0.335 e. The van der Waals surface area contributed by atoms with E-state index in [9.17, 15) is 18.4 Å². The van der Waals surface area contributed by atoms with E-state index < -0.39 is 17.6 Å². The molecular formula is C17H13F2NO3. The molecule has 2 aromatic carbocycles. The summed E-state index contributed by atoms with van der Waals surface area (Å²) in [6.45, 7) is 0.357. The third kappa shape index (κ3) is 2.92. The molecule has 2 aromatic rings. The van der Waals surface area contributed by atoms with Crippen molar-refractivity contribution in [1.82, 2.24) is 0 Å². The van der Waals surface area contributed by atoms with Gasteiger partial charge in [0.25, 0.3) is 0 Å². The van der Waals surface area contributed by atoms with Gasteiger partial charge in [-0.1, -0.05) is 12.1 Å². The molecule has 0 radical (unpaired) electrons. The highest BCUT2D eigenvalue weighted by atomic mass is 19.2. The molecule has 1 heterocycles. The summed E-state index contributed by atoms with van der Waals surface area (Å²) in [5.74, 6) is -3.26. The predicted octanol–water partition coefficient (Wildman–Crippen LogP) is 2.79. The van der Waals surface area contributed by atoms with E-state index in [1.54, 1.807) is 12.1 Å². The summed E-state index contributed by atoms with van der Waals surface area (Å²) in [5.41, 5.74) is 1.64. The third-order valence-corrected chi connectivity index (χ3v) is 3.85. The first-order chi connectivity index (χ1) is 11.0. The van der Waals surface area contributed by atoms with Crippen LogP contribution in [0.15, 0.2) is 36.4 Å². The van der Waals surface area contributed by atoms with E-state index in [1.165, 1.54) is 17.0 Å². The van der Waals surface area contributed by atoms with Crippen LogP contribution < -0.4 is 4.90 Å². The van der Waals surface area contributed by atoms with Gasteiger partial charge in [0.1, 0.15) is 0 Å². The fourth-order valence-electron chi connectivity index (χ4n) is 2.73. The van der Waals surface area contributed by atoms with Crippen LogP contribution in [0.25, 0.3) is 0 Å². The Labute approximate surface area is 131 Å². The van der Waals surface area contributed by atoms with Crippen molar-refractivity contribution in [2.24, 2.45) is 0 Å². The van der Waals surface area contributed by atoms with Crippen LogP contribution in [-0.4, -0.2) is 23.5 Å². The number of halogens is 2. The lowest BCUT2D eigenvalue weighted by Crippen LogP contribution is -2.30. The van der Waals surface area contributed by atoms with Gasteiger partial charge < -0.3 is 10.0 Å². The molecule has 0 spiro atoms. The van der Waals surface area contributed by atoms with Gasteiger partial charge in [0.15, 0.2) is 11.6 Å². The molecule has 1 aliphatic rings. The van der Waals surface area contributed by atoms with Gasteiger partial charge in [0.05, 0.1) is 17.7 Å². The Morgan fingerprint density at radius 2 is 1.87 bits per heavy atom. The van der Waals surface area contributed by atoms with Crippen molar-refractivity contribution in [2.75, 3.05) is 11.4 Å². The minimum atomic E-state index is -1.07. The van der Waals surface area contributed by atoms with Crippen molar-refractivity contribution in [2.45, 2.75) is 12.8 Å². The monoisotopic (exact) mass is 317 g/mol. The molecule has 3 rings (SSSR count). The molecule has 4 nitrogen and oxygen atoms in total. The Kier molecular flexibility index (Phi) is 3.82. The van der Waals surface area contributed by atoms with E-state index in [0.717, 1.165) is 12.1 Å².